The Kier molecular flexibility index (Phi) is 7.15. The topological polar surface area (TPSA) is 9.86 Å². The number of aryl methyl sites for hydroxylation is 2. The van der Waals surface area contributed by atoms with Crippen molar-refractivity contribution in [1.82, 2.24) is 9.13 Å². The molecule has 0 unspecified atom stereocenters. The summed E-state index contributed by atoms with van der Waals surface area (Å²) >= 11 is 0. The van der Waals surface area contributed by atoms with Gasteiger partial charge in [-0.3, -0.25) is 0 Å². The van der Waals surface area contributed by atoms with Crippen molar-refractivity contribution >= 4 is 64.9 Å². The molecule has 0 saturated carbocycles. The monoisotopic (exact) mass is 716 g/mol. The molecular formula is C54H40N2. The molecule has 0 atom stereocenters. The van der Waals surface area contributed by atoms with Crippen molar-refractivity contribution in [3.63, 3.8) is 0 Å². The number of aromatic nitrogens is 2. The molecule has 266 valence electrons. The molecule has 56 heavy (non-hydrogen) atoms. The van der Waals surface area contributed by atoms with Crippen molar-refractivity contribution in [3.8, 4) is 33.6 Å². The van der Waals surface area contributed by atoms with E-state index in [1.54, 1.807) is 0 Å². The molecule has 0 amide bonds. The van der Waals surface area contributed by atoms with Crippen LogP contribution in [0.25, 0.3) is 98.5 Å². The van der Waals surface area contributed by atoms with Crippen LogP contribution in [0.3, 0.4) is 0 Å². The van der Waals surface area contributed by atoms with Gasteiger partial charge in [0.2, 0.25) is 0 Å². The molecule has 0 aliphatic heterocycles. The largest absolute Gasteiger partial charge is 0.313 e. The van der Waals surface area contributed by atoms with Gasteiger partial charge in [-0.1, -0.05) is 133 Å². The first-order chi connectivity index (χ1) is 27.5. The third-order valence-corrected chi connectivity index (χ3v) is 12.5. The Morgan fingerprint density at radius 1 is 0.304 bits per heavy atom. The Bertz CT molecular complexity index is 3140. The normalized spacial score (nSPS) is 11.9. The van der Waals surface area contributed by atoms with Crippen LogP contribution in [0.5, 0.6) is 0 Å². The van der Waals surface area contributed by atoms with Gasteiger partial charge in [0, 0.05) is 32.9 Å². The summed E-state index contributed by atoms with van der Waals surface area (Å²) in [7, 11) is 0. The van der Waals surface area contributed by atoms with Crippen LogP contribution in [-0.4, -0.2) is 9.13 Å². The summed E-state index contributed by atoms with van der Waals surface area (Å²) in [4.78, 5) is 0. The van der Waals surface area contributed by atoms with Gasteiger partial charge in [0.15, 0.2) is 0 Å². The van der Waals surface area contributed by atoms with Crippen LogP contribution in [0.15, 0.2) is 170 Å². The Labute approximate surface area is 326 Å². The highest BCUT2D eigenvalue weighted by Crippen LogP contribution is 2.48. The first-order valence-electron chi connectivity index (χ1n) is 19.6. The average molecular weight is 717 g/mol. The highest BCUT2D eigenvalue weighted by molar-refractivity contribution is 6.25. The standard InChI is InChI=1S/C54H40N2/c1-33-35(3)55(49-27-15-23-37-17-11-13-25-41(37)49)51-31-47-45(29-43(33)51)53(39-19-7-5-8-20-39)48-32-52-44(30-46(48)54(47)40-21-9-6-10-22-40)34(2)36(4)56(52)50-28-16-24-38-18-12-14-26-42(38)50/h5-32H,1-4H3. The first-order valence-corrected chi connectivity index (χ1v) is 19.6. The predicted molar refractivity (Wildman–Crippen MR) is 240 cm³/mol. The fourth-order valence-corrected chi connectivity index (χ4v) is 9.61. The maximum absolute atomic E-state index is 2.49. The van der Waals surface area contributed by atoms with E-state index >= 15 is 0 Å². The predicted octanol–water partition coefficient (Wildman–Crippen LogP) is 14.8. The van der Waals surface area contributed by atoms with Crippen LogP contribution in [0.1, 0.15) is 22.5 Å². The Morgan fingerprint density at radius 2 is 0.661 bits per heavy atom. The number of fused-ring (bicyclic) bond motifs is 6. The molecule has 0 spiro atoms. The maximum Gasteiger partial charge on any atom is 0.0540 e. The lowest BCUT2D eigenvalue weighted by Gasteiger charge is -2.20. The highest BCUT2D eigenvalue weighted by atomic mass is 15.0. The van der Waals surface area contributed by atoms with Crippen LogP contribution >= 0.6 is 0 Å². The van der Waals surface area contributed by atoms with E-state index in [1.165, 1.54) is 121 Å². The van der Waals surface area contributed by atoms with E-state index in [0.29, 0.717) is 0 Å². The summed E-state index contributed by atoms with van der Waals surface area (Å²) in [6, 6.07) is 62.9. The van der Waals surface area contributed by atoms with Crippen molar-refractivity contribution in [2.75, 3.05) is 0 Å². The number of rotatable bonds is 4. The minimum atomic E-state index is 1.21. The molecule has 2 heterocycles. The van der Waals surface area contributed by atoms with Crippen molar-refractivity contribution in [2.45, 2.75) is 27.7 Å². The van der Waals surface area contributed by atoms with E-state index in [2.05, 4.69) is 207 Å². The molecule has 2 nitrogen and oxygen atoms in total. The van der Waals surface area contributed by atoms with Gasteiger partial charge in [0.1, 0.15) is 0 Å². The average Bonchev–Trinajstić information content (AvgIpc) is 3.63. The van der Waals surface area contributed by atoms with E-state index in [0.717, 1.165) is 0 Å². The van der Waals surface area contributed by atoms with Gasteiger partial charge in [-0.05, 0) is 130 Å². The van der Waals surface area contributed by atoms with Crippen molar-refractivity contribution < 1.29 is 0 Å². The summed E-state index contributed by atoms with van der Waals surface area (Å²) in [5.74, 6) is 0. The van der Waals surface area contributed by atoms with Crippen LogP contribution in [0.2, 0.25) is 0 Å². The van der Waals surface area contributed by atoms with E-state index in [9.17, 15) is 0 Å². The second-order valence-corrected chi connectivity index (χ2v) is 15.4. The number of benzene rings is 9. The molecule has 2 aromatic heterocycles. The molecular weight excluding hydrogens is 677 g/mol. The molecule has 0 radical (unpaired) electrons. The lowest BCUT2D eigenvalue weighted by Crippen LogP contribution is -1.99. The molecule has 0 bridgehead atoms. The Morgan fingerprint density at radius 3 is 1.09 bits per heavy atom. The van der Waals surface area contributed by atoms with E-state index in [1.807, 2.05) is 0 Å². The molecule has 11 aromatic rings. The second kappa shape index (κ2) is 12.3. The van der Waals surface area contributed by atoms with Crippen LogP contribution in [-0.2, 0) is 0 Å². The van der Waals surface area contributed by atoms with Gasteiger partial charge in [-0.25, -0.2) is 0 Å². The smallest absolute Gasteiger partial charge is 0.0540 e. The van der Waals surface area contributed by atoms with Gasteiger partial charge >= 0.3 is 0 Å². The zero-order valence-corrected chi connectivity index (χ0v) is 32.1. The van der Waals surface area contributed by atoms with Crippen molar-refractivity contribution in [1.29, 1.82) is 0 Å². The van der Waals surface area contributed by atoms with Crippen molar-refractivity contribution in [2.24, 2.45) is 0 Å². The zero-order chi connectivity index (χ0) is 37.7. The summed E-state index contributed by atoms with van der Waals surface area (Å²) in [6.07, 6.45) is 0. The third-order valence-electron chi connectivity index (χ3n) is 12.5. The molecule has 0 saturated heterocycles. The van der Waals surface area contributed by atoms with Crippen LogP contribution in [0, 0.1) is 27.7 Å². The Balaban J connectivity index is 1.34. The molecule has 0 fully saturated rings. The Hall–Kier alpha value is -6.90. The first kappa shape index (κ1) is 32.5. The summed E-state index contributed by atoms with van der Waals surface area (Å²) in [5.41, 5.74) is 15.0. The minimum absolute atomic E-state index is 1.21. The highest BCUT2D eigenvalue weighted by Gasteiger charge is 2.24. The molecule has 9 aromatic carbocycles. The van der Waals surface area contributed by atoms with Crippen LogP contribution < -0.4 is 0 Å². The SMILES string of the molecule is Cc1c(C)n(-c2cccc3ccccc23)c2cc3c(-c4ccccc4)c4cc5c(C)c(C)n(-c6cccc7ccccc67)c5cc4c(-c4ccccc4)c3cc12. The van der Waals surface area contributed by atoms with Gasteiger partial charge in [-0.2, -0.15) is 0 Å². The fourth-order valence-electron chi connectivity index (χ4n) is 9.61. The molecule has 0 N–H and O–H groups in total. The van der Waals surface area contributed by atoms with E-state index < -0.39 is 0 Å². The van der Waals surface area contributed by atoms with Gasteiger partial charge in [-0.15, -0.1) is 0 Å². The van der Waals surface area contributed by atoms with Gasteiger partial charge in [0.05, 0.1) is 22.4 Å². The maximum atomic E-state index is 2.49. The molecule has 0 aliphatic rings. The lowest BCUT2D eigenvalue weighted by atomic mass is 9.84. The minimum Gasteiger partial charge on any atom is -0.313 e. The summed E-state index contributed by atoms with van der Waals surface area (Å²) in [6.45, 7) is 9.13. The number of hydrogen-bond acceptors (Lipinski definition) is 0. The summed E-state index contributed by atoms with van der Waals surface area (Å²) < 4.78 is 4.99. The zero-order valence-electron chi connectivity index (χ0n) is 32.1. The summed E-state index contributed by atoms with van der Waals surface area (Å²) in [5, 5.41) is 12.6. The molecule has 2 heteroatoms. The van der Waals surface area contributed by atoms with Gasteiger partial charge in [0.25, 0.3) is 0 Å². The van der Waals surface area contributed by atoms with E-state index in [4.69, 9.17) is 0 Å². The quantitative estimate of drug-likeness (QED) is 0.161. The third kappa shape index (κ3) is 4.63. The van der Waals surface area contributed by atoms with Gasteiger partial charge < -0.3 is 9.13 Å². The van der Waals surface area contributed by atoms with Crippen LogP contribution in [0.4, 0.5) is 0 Å². The second-order valence-electron chi connectivity index (χ2n) is 15.4. The number of nitrogens with zero attached hydrogens (tertiary/aromatic N) is 2. The van der Waals surface area contributed by atoms with E-state index in [-0.39, 0.29) is 0 Å². The number of hydrogen-bond donors (Lipinski definition) is 0. The lowest BCUT2D eigenvalue weighted by molar-refractivity contribution is 1.05. The molecule has 11 rings (SSSR count). The fraction of sp³-hybridized carbons (Fsp3) is 0.0741. The van der Waals surface area contributed by atoms with Crippen molar-refractivity contribution in [3.05, 3.63) is 192 Å². The molecule has 0 aliphatic carbocycles.